The summed E-state index contributed by atoms with van der Waals surface area (Å²) in [7, 11) is 0. The summed E-state index contributed by atoms with van der Waals surface area (Å²) < 4.78 is 0. The van der Waals surface area contributed by atoms with Crippen molar-refractivity contribution >= 4 is 0 Å². The lowest BCUT2D eigenvalue weighted by Gasteiger charge is -2.10. The lowest BCUT2D eigenvalue weighted by molar-refractivity contribution is 0.164. The molecule has 2 heteroatoms. The van der Waals surface area contributed by atoms with Crippen LogP contribution in [0.2, 0.25) is 0 Å². The minimum absolute atomic E-state index is 0.323. The first-order chi connectivity index (χ1) is 9.67. The molecule has 1 unspecified atom stereocenters. The highest BCUT2D eigenvalue weighted by Crippen LogP contribution is 2.10. The van der Waals surface area contributed by atoms with Gasteiger partial charge in [-0.1, -0.05) is 42.8 Å². The fourth-order valence-corrected chi connectivity index (χ4v) is 2.22. The maximum absolute atomic E-state index is 10.1. The summed E-state index contributed by atoms with van der Waals surface area (Å²) in [6, 6.07) is 12.6. The van der Waals surface area contributed by atoms with Gasteiger partial charge in [-0.25, -0.2) is 0 Å². The first kappa shape index (κ1) is 14.7. The zero-order valence-electron chi connectivity index (χ0n) is 12.3. The van der Waals surface area contributed by atoms with Crippen molar-refractivity contribution in [2.45, 2.75) is 45.6 Å². The Balaban J connectivity index is 1.82. The summed E-state index contributed by atoms with van der Waals surface area (Å²) in [5.41, 5.74) is 4.76. The molecule has 2 rings (SSSR count). The van der Waals surface area contributed by atoms with E-state index in [1.165, 1.54) is 16.7 Å². The van der Waals surface area contributed by atoms with Gasteiger partial charge in [-0.05, 0) is 43.4 Å². The van der Waals surface area contributed by atoms with Crippen molar-refractivity contribution in [3.05, 3.63) is 65.0 Å². The van der Waals surface area contributed by atoms with Crippen LogP contribution in [-0.2, 0) is 19.3 Å². The van der Waals surface area contributed by atoms with Crippen LogP contribution in [-0.4, -0.2) is 16.2 Å². The number of hydrogen-bond donors (Lipinski definition) is 1. The van der Waals surface area contributed by atoms with E-state index in [0.717, 1.165) is 25.0 Å². The molecule has 1 atom stereocenters. The molecule has 0 amide bonds. The van der Waals surface area contributed by atoms with Gasteiger partial charge >= 0.3 is 0 Å². The molecule has 0 saturated heterocycles. The first-order valence-corrected chi connectivity index (χ1v) is 7.34. The van der Waals surface area contributed by atoms with Crippen molar-refractivity contribution in [1.29, 1.82) is 0 Å². The van der Waals surface area contributed by atoms with Gasteiger partial charge in [0.2, 0.25) is 0 Å². The van der Waals surface area contributed by atoms with Crippen LogP contribution in [0.3, 0.4) is 0 Å². The first-order valence-electron chi connectivity index (χ1n) is 7.34. The standard InChI is InChI=1S/C18H23NO/c1-3-15-8-10-17(19-13-15)12-18(20)11-9-16-6-4-14(2)5-7-16/h4-8,10,13,18,20H,3,9,11-12H2,1-2H3. The van der Waals surface area contributed by atoms with E-state index in [0.29, 0.717) is 6.42 Å². The summed E-state index contributed by atoms with van der Waals surface area (Å²) in [5, 5.41) is 10.1. The van der Waals surface area contributed by atoms with E-state index in [9.17, 15) is 5.11 Å². The molecule has 106 valence electrons. The van der Waals surface area contributed by atoms with Crippen LogP contribution in [0.5, 0.6) is 0 Å². The van der Waals surface area contributed by atoms with Crippen molar-refractivity contribution in [1.82, 2.24) is 4.98 Å². The topological polar surface area (TPSA) is 33.1 Å². The third-order valence-corrected chi connectivity index (χ3v) is 3.63. The van der Waals surface area contributed by atoms with Gasteiger partial charge in [-0.2, -0.15) is 0 Å². The van der Waals surface area contributed by atoms with Crippen molar-refractivity contribution < 1.29 is 5.11 Å². The minimum atomic E-state index is -0.323. The van der Waals surface area contributed by atoms with E-state index >= 15 is 0 Å². The second kappa shape index (κ2) is 7.20. The van der Waals surface area contributed by atoms with E-state index in [2.05, 4.69) is 49.2 Å². The van der Waals surface area contributed by atoms with Gasteiger partial charge in [-0.15, -0.1) is 0 Å². The summed E-state index contributed by atoms with van der Waals surface area (Å²) in [4.78, 5) is 4.40. The molecular weight excluding hydrogens is 246 g/mol. The molecule has 0 aliphatic carbocycles. The normalized spacial score (nSPS) is 12.3. The molecule has 20 heavy (non-hydrogen) atoms. The number of aliphatic hydroxyl groups excluding tert-OH is 1. The quantitative estimate of drug-likeness (QED) is 0.871. The van der Waals surface area contributed by atoms with E-state index in [-0.39, 0.29) is 6.10 Å². The molecule has 1 aromatic carbocycles. The van der Waals surface area contributed by atoms with Gasteiger partial charge in [0, 0.05) is 18.3 Å². The molecular formula is C18H23NO. The van der Waals surface area contributed by atoms with Gasteiger partial charge in [0.25, 0.3) is 0 Å². The molecule has 0 spiro atoms. The number of hydrogen-bond acceptors (Lipinski definition) is 2. The van der Waals surface area contributed by atoms with Crippen molar-refractivity contribution in [2.75, 3.05) is 0 Å². The van der Waals surface area contributed by atoms with Crippen LogP contribution < -0.4 is 0 Å². The Hall–Kier alpha value is -1.67. The summed E-state index contributed by atoms with van der Waals surface area (Å²) in [6.07, 6.45) is 4.91. The van der Waals surface area contributed by atoms with Crippen molar-refractivity contribution in [2.24, 2.45) is 0 Å². The Morgan fingerprint density at radius 2 is 1.75 bits per heavy atom. The monoisotopic (exact) mass is 269 g/mol. The van der Waals surface area contributed by atoms with Gasteiger partial charge in [-0.3, -0.25) is 4.98 Å². The largest absolute Gasteiger partial charge is 0.393 e. The second-order valence-electron chi connectivity index (χ2n) is 5.39. The molecule has 1 heterocycles. The average Bonchev–Trinajstić information content (AvgIpc) is 2.47. The molecule has 0 radical (unpaired) electrons. The molecule has 0 aliphatic rings. The van der Waals surface area contributed by atoms with Gasteiger partial charge in [0.15, 0.2) is 0 Å². The molecule has 2 aromatic rings. The summed E-state index contributed by atoms with van der Waals surface area (Å²) >= 11 is 0. The highest BCUT2D eigenvalue weighted by atomic mass is 16.3. The average molecular weight is 269 g/mol. The predicted octanol–water partition coefficient (Wildman–Crippen LogP) is 3.49. The zero-order valence-corrected chi connectivity index (χ0v) is 12.3. The van der Waals surface area contributed by atoms with E-state index in [1.54, 1.807) is 0 Å². The zero-order chi connectivity index (χ0) is 14.4. The van der Waals surface area contributed by atoms with Crippen LogP contribution >= 0.6 is 0 Å². The van der Waals surface area contributed by atoms with Gasteiger partial charge in [0.1, 0.15) is 0 Å². The maximum Gasteiger partial charge on any atom is 0.0598 e. The molecule has 1 N–H and O–H groups in total. The van der Waals surface area contributed by atoms with Gasteiger partial charge < -0.3 is 5.11 Å². The van der Waals surface area contributed by atoms with Crippen LogP contribution in [0.4, 0.5) is 0 Å². The summed E-state index contributed by atoms with van der Waals surface area (Å²) in [5.74, 6) is 0. The Morgan fingerprint density at radius 1 is 1.05 bits per heavy atom. The van der Waals surface area contributed by atoms with Crippen molar-refractivity contribution in [3.8, 4) is 0 Å². The van der Waals surface area contributed by atoms with Crippen LogP contribution in [0, 0.1) is 6.92 Å². The number of nitrogens with zero attached hydrogens (tertiary/aromatic N) is 1. The number of aliphatic hydroxyl groups is 1. The SMILES string of the molecule is CCc1ccc(CC(O)CCc2ccc(C)cc2)nc1. The lowest BCUT2D eigenvalue weighted by Crippen LogP contribution is -2.12. The maximum atomic E-state index is 10.1. The number of pyridine rings is 1. The Labute approximate surface area is 121 Å². The number of aromatic nitrogens is 1. The smallest absolute Gasteiger partial charge is 0.0598 e. The van der Waals surface area contributed by atoms with Crippen LogP contribution in [0.25, 0.3) is 0 Å². The fourth-order valence-electron chi connectivity index (χ4n) is 2.22. The lowest BCUT2D eigenvalue weighted by atomic mass is 10.0. The third kappa shape index (κ3) is 4.46. The number of aryl methyl sites for hydroxylation is 3. The second-order valence-corrected chi connectivity index (χ2v) is 5.39. The van der Waals surface area contributed by atoms with Gasteiger partial charge in [0.05, 0.1) is 6.10 Å². The fraction of sp³-hybridized carbons (Fsp3) is 0.389. The van der Waals surface area contributed by atoms with Crippen LogP contribution in [0.15, 0.2) is 42.6 Å². The third-order valence-electron chi connectivity index (χ3n) is 3.63. The predicted molar refractivity (Wildman–Crippen MR) is 82.8 cm³/mol. The number of rotatable bonds is 6. The molecule has 2 nitrogen and oxygen atoms in total. The molecule has 0 saturated carbocycles. The van der Waals surface area contributed by atoms with E-state index < -0.39 is 0 Å². The summed E-state index contributed by atoms with van der Waals surface area (Å²) in [6.45, 7) is 4.21. The highest BCUT2D eigenvalue weighted by Gasteiger charge is 2.07. The molecule has 0 aliphatic heterocycles. The highest BCUT2D eigenvalue weighted by molar-refractivity contribution is 5.21. The number of benzene rings is 1. The van der Waals surface area contributed by atoms with Crippen molar-refractivity contribution in [3.63, 3.8) is 0 Å². The molecule has 0 bridgehead atoms. The van der Waals surface area contributed by atoms with E-state index in [4.69, 9.17) is 0 Å². The Kier molecular flexibility index (Phi) is 5.31. The Bertz CT molecular complexity index is 516. The van der Waals surface area contributed by atoms with Crippen LogP contribution in [0.1, 0.15) is 35.7 Å². The van der Waals surface area contributed by atoms with E-state index in [1.807, 2.05) is 12.3 Å². The Morgan fingerprint density at radius 3 is 2.35 bits per heavy atom. The molecule has 0 fully saturated rings. The minimum Gasteiger partial charge on any atom is -0.393 e. The molecule has 1 aromatic heterocycles.